The predicted octanol–water partition coefficient (Wildman–Crippen LogP) is 2.66. The molecule has 6 unspecified atom stereocenters. The zero-order valence-corrected chi connectivity index (χ0v) is 19.8. The molecule has 1 saturated heterocycles. The number of hydrogen-bond donors (Lipinski definition) is 2. The van der Waals surface area contributed by atoms with Crippen LogP contribution >= 0.6 is 24.0 Å². The molecule has 0 radical (unpaired) electrons. The number of amides is 2. The van der Waals surface area contributed by atoms with Gasteiger partial charge in [0.25, 0.3) is 0 Å². The fraction of sp³-hybridized carbons (Fsp3) is 0.522. The van der Waals surface area contributed by atoms with E-state index < -0.39 is 0 Å². The second kappa shape index (κ2) is 8.88. The smallest absolute Gasteiger partial charge is 0.233 e. The van der Waals surface area contributed by atoms with Gasteiger partial charge >= 0.3 is 0 Å². The third-order valence-corrected chi connectivity index (χ3v) is 6.92. The van der Waals surface area contributed by atoms with Crippen LogP contribution in [0, 0.1) is 29.5 Å². The Labute approximate surface area is 198 Å². The molecule has 6 atom stereocenters. The van der Waals surface area contributed by atoms with E-state index in [0.717, 1.165) is 18.4 Å². The maximum Gasteiger partial charge on any atom is 0.233 e. The number of benzene rings is 1. The highest BCUT2D eigenvalue weighted by Crippen LogP contribution is 2.52. The van der Waals surface area contributed by atoms with Gasteiger partial charge in [-0.15, -0.1) is 24.0 Å². The highest BCUT2D eigenvalue weighted by Gasteiger charge is 2.58. The minimum atomic E-state index is -0.172. The molecule has 2 N–H and O–H groups in total. The summed E-state index contributed by atoms with van der Waals surface area (Å²) in [5, 5.41) is 6.55. The molecular formula is C23H28FIN4O2. The van der Waals surface area contributed by atoms with Crippen molar-refractivity contribution < 1.29 is 14.0 Å². The number of hydrogen-bond acceptors (Lipinski definition) is 3. The first-order valence-electron chi connectivity index (χ1n) is 10.9. The van der Waals surface area contributed by atoms with Crippen LogP contribution in [-0.2, 0) is 9.59 Å². The van der Waals surface area contributed by atoms with Crippen molar-refractivity contribution in [2.45, 2.75) is 31.7 Å². The Kier molecular flexibility index (Phi) is 6.37. The van der Waals surface area contributed by atoms with Crippen LogP contribution in [-0.4, -0.2) is 48.3 Å². The average molecular weight is 538 g/mol. The largest absolute Gasteiger partial charge is 0.357 e. The topological polar surface area (TPSA) is 73.8 Å². The van der Waals surface area contributed by atoms with Crippen LogP contribution in [0.15, 0.2) is 41.4 Å². The number of carbonyl (C=O) groups excluding carboxylic acids is 2. The second-order valence-electron chi connectivity index (χ2n) is 8.70. The SMILES string of the molecule is CCNC(=NCCN1C(=O)C2C3C=CC(C3)C2C1=O)NC1CC1c1ccccc1F.I. The van der Waals surface area contributed by atoms with Crippen LogP contribution < -0.4 is 10.6 Å². The lowest BCUT2D eigenvalue weighted by Crippen LogP contribution is -2.40. The van der Waals surface area contributed by atoms with Crippen molar-refractivity contribution in [3.63, 3.8) is 0 Å². The summed E-state index contributed by atoms with van der Waals surface area (Å²) in [5.41, 5.74) is 0.730. The number of nitrogens with zero attached hydrogens (tertiary/aromatic N) is 2. The Balaban J connectivity index is 0.00000231. The van der Waals surface area contributed by atoms with Crippen molar-refractivity contribution in [3.05, 3.63) is 47.8 Å². The molecule has 5 rings (SSSR count). The minimum Gasteiger partial charge on any atom is -0.357 e. The number of imide groups is 1. The Hall–Kier alpha value is -1.97. The van der Waals surface area contributed by atoms with Crippen LogP contribution in [0.3, 0.4) is 0 Å². The third-order valence-electron chi connectivity index (χ3n) is 6.92. The molecule has 166 valence electrons. The molecule has 1 aromatic carbocycles. The highest BCUT2D eigenvalue weighted by atomic mass is 127. The number of nitrogens with one attached hydrogen (secondary N) is 2. The number of rotatable bonds is 6. The van der Waals surface area contributed by atoms with Crippen molar-refractivity contribution in [3.8, 4) is 0 Å². The Morgan fingerprint density at radius 3 is 2.45 bits per heavy atom. The highest BCUT2D eigenvalue weighted by molar-refractivity contribution is 14.0. The predicted molar refractivity (Wildman–Crippen MR) is 127 cm³/mol. The van der Waals surface area contributed by atoms with Gasteiger partial charge < -0.3 is 10.6 Å². The number of guanidine groups is 1. The summed E-state index contributed by atoms with van der Waals surface area (Å²) in [6.07, 6.45) is 6.01. The zero-order chi connectivity index (χ0) is 20.8. The summed E-state index contributed by atoms with van der Waals surface area (Å²) >= 11 is 0. The molecule has 6 nitrogen and oxygen atoms in total. The number of fused-ring (bicyclic) bond motifs is 5. The third kappa shape index (κ3) is 3.99. The summed E-state index contributed by atoms with van der Waals surface area (Å²) in [7, 11) is 0. The van der Waals surface area contributed by atoms with E-state index in [1.807, 2.05) is 19.1 Å². The first-order valence-corrected chi connectivity index (χ1v) is 10.9. The molecule has 31 heavy (non-hydrogen) atoms. The average Bonchev–Trinajstić information content (AvgIpc) is 3.07. The van der Waals surface area contributed by atoms with Crippen molar-refractivity contribution in [1.82, 2.24) is 15.5 Å². The molecular weight excluding hydrogens is 510 g/mol. The van der Waals surface area contributed by atoms with Crippen molar-refractivity contribution >= 4 is 41.8 Å². The molecule has 2 amide bonds. The van der Waals surface area contributed by atoms with Gasteiger partial charge in [0, 0.05) is 25.0 Å². The summed E-state index contributed by atoms with van der Waals surface area (Å²) in [6, 6.07) is 7.01. The van der Waals surface area contributed by atoms with Crippen LogP contribution in [0.1, 0.15) is 31.2 Å². The van der Waals surface area contributed by atoms with Crippen molar-refractivity contribution in [1.29, 1.82) is 0 Å². The molecule has 8 heteroatoms. The molecule has 2 saturated carbocycles. The van der Waals surface area contributed by atoms with Crippen LogP contribution in [0.25, 0.3) is 0 Å². The lowest BCUT2D eigenvalue weighted by atomic mass is 9.85. The van der Waals surface area contributed by atoms with Crippen molar-refractivity contribution in [2.24, 2.45) is 28.7 Å². The molecule has 3 fully saturated rings. The van der Waals surface area contributed by atoms with Gasteiger partial charge in [0.2, 0.25) is 11.8 Å². The molecule has 1 heterocycles. The number of carbonyl (C=O) groups is 2. The number of aliphatic imine (C=N–C) groups is 1. The second-order valence-corrected chi connectivity index (χ2v) is 8.70. The van der Waals surface area contributed by atoms with Crippen molar-refractivity contribution in [2.75, 3.05) is 19.6 Å². The van der Waals surface area contributed by atoms with Gasteiger partial charge in [0.15, 0.2) is 5.96 Å². The number of allylic oxidation sites excluding steroid dienone is 2. The number of likely N-dealkylation sites (tertiary alicyclic amines) is 1. The maximum absolute atomic E-state index is 14.0. The fourth-order valence-corrected chi connectivity index (χ4v) is 5.42. The standard InChI is InChI=1S/C23H27FN4O2.HI/c1-2-25-23(27-18-12-16(18)15-5-3-4-6-17(15)24)26-9-10-28-21(29)19-13-7-8-14(11-13)20(19)22(28)30;/h3-8,13-14,16,18-20H,2,9-12H2,1H3,(H2,25,26,27);1H. The Bertz CT molecular complexity index is 906. The van der Waals surface area contributed by atoms with Gasteiger partial charge in [-0.2, -0.15) is 0 Å². The van der Waals surface area contributed by atoms with E-state index in [0.29, 0.717) is 25.6 Å². The van der Waals surface area contributed by atoms with Gasteiger partial charge in [-0.05, 0) is 43.2 Å². The molecule has 0 aromatic heterocycles. The summed E-state index contributed by atoms with van der Waals surface area (Å²) in [6.45, 7) is 3.34. The van der Waals surface area contributed by atoms with E-state index in [-0.39, 0.29) is 77.2 Å². The van der Waals surface area contributed by atoms with E-state index in [9.17, 15) is 14.0 Å². The lowest BCUT2D eigenvalue weighted by Gasteiger charge is -2.17. The van der Waals surface area contributed by atoms with E-state index in [1.54, 1.807) is 6.07 Å². The van der Waals surface area contributed by atoms with Crippen LogP contribution in [0.4, 0.5) is 4.39 Å². The van der Waals surface area contributed by atoms with E-state index in [1.165, 1.54) is 11.0 Å². The monoisotopic (exact) mass is 538 g/mol. The quantitative estimate of drug-likeness (QED) is 0.192. The van der Waals surface area contributed by atoms with E-state index in [4.69, 9.17) is 0 Å². The van der Waals surface area contributed by atoms with Crippen LogP contribution in [0.5, 0.6) is 0 Å². The van der Waals surface area contributed by atoms with E-state index >= 15 is 0 Å². The maximum atomic E-state index is 14.0. The molecule has 1 aliphatic heterocycles. The van der Waals surface area contributed by atoms with E-state index in [2.05, 4.69) is 27.8 Å². The summed E-state index contributed by atoms with van der Waals surface area (Å²) in [4.78, 5) is 31.5. The van der Waals surface area contributed by atoms with Crippen LogP contribution in [0.2, 0.25) is 0 Å². The zero-order valence-electron chi connectivity index (χ0n) is 17.5. The van der Waals surface area contributed by atoms with Gasteiger partial charge in [0.1, 0.15) is 5.82 Å². The lowest BCUT2D eigenvalue weighted by molar-refractivity contribution is -0.140. The molecule has 3 aliphatic carbocycles. The van der Waals surface area contributed by atoms with Gasteiger partial charge in [-0.25, -0.2) is 4.39 Å². The van der Waals surface area contributed by atoms with Gasteiger partial charge in [-0.1, -0.05) is 30.4 Å². The fourth-order valence-electron chi connectivity index (χ4n) is 5.42. The Morgan fingerprint density at radius 2 is 1.81 bits per heavy atom. The molecule has 2 bridgehead atoms. The molecule has 0 spiro atoms. The molecule has 1 aromatic rings. The normalized spacial score (nSPS) is 32.8. The van der Waals surface area contributed by atoms with Gasteiger partial charge in [0.05, 0.1) is 18.4 Å². The Morgan fingerprint density at radius 1 is 1.13 bits per heavy atom. The molecule has 4 aliphatic rings. The first-order chi connectivity index (χ1) is 14.6. The van der Waals surface area contributed by atoms with Gasteiger partial charge in [-0.3, -0.25) is 19.5 Å². The minimum absolute atomic E-state index is 0. The summed E-state index contributed by atoms with van der Waals surface area (Å²) < 4.78 is 14.0. The number of halogens is 2. The summed E-state index contributed by atoms with van der Waals surface area (Å²) in [5.74, 6) is 0.693. The first kappa shape index (κ1) is 22.2.